The van der Waals surface area contributed by atoms with Crippen molar-refractivity contribution < 1.29 is 63.1 Å². The molecule has 350 valence electrons. The molecule has 0 bridgehead atoms. The van der Waals surface area contributed by atoms with Crippen molar-refractivity contribution in [2.75, 3.05) is 13.2 Å². The Bertz CT molecular complexity index is 1050. The first-order valence-corrected chi connectivity index (χ1v) is 25.3. The molecule has 0 amide bonds. The van der Waals surface area contributed by atoms with Crippen LogP contribution in [0.2, 0.25) is 0 Å². The first-order valence-electron chi connectivity index (χ1n) is 23.8. The Morgan fingerprint density at radius 1 is 0.458 bits per heavy atom. The number of hydrogen-bond donors (Lipinski definition) is 6. The van der Waals surface area contributed by atoms with Crippen molar-refractivity contribution in [3.05, 3.63) is 0 Å². The van der Waals surface area contributed by atoms with Crippen LogP contribution in [0.1, 0.15) is 219 Å². The molecule has 1 fully saturated rings. The average Bonchev–Trinajstić information content (AvgIpc) is 3.21. The fraction of sp³-hybridized carbons (Fsp3) is 0.956. The number of phosphoric acid groups is 1. The number of ether oxygens (including phenoxy) is 2. The summed E-state index contributed by atoms with van der Waals surface area (Å²) in [6, 6.07) is 0. The second kappa shape index (κ2) is 36.3. The summed E-state index contributed by atoms with van der Waals surface area (Å²) in [5.41, 5.74) is 0. The third kappa shape index (κ3) is 29.0. The summed E-state index contributed by atoms with van der Waals surface area (Å²) < 4.78 is 33.6. The lowest BCUT2D eigenvalue weighted by atomic mass is 9.85. The fourth-order valence-electron chi connectivity index (χ4n) is 7.58. The van der Waals surface area contributed by atoms with E-state index in [1.165, 1.54) is 141 Å². The van der Waals surface area contributed by atoms with Crippen molar-refractivity contribution in [2.24, 2.45) is 0 Å². The van der Waals surface area contributed by atoms with Crippen LogP contribution in [0.3, 0.4) is 0 Å². The van der Waals surface area contributed by atoms with Crippen molar-refractivity contribution in [1.29, 1.82) is 0 Å². The van der Waals surface area contributed by atoms with E-state index in [0.29, 0.717) is 12.8 Å². The Morgan fingerprint density at radius 3 is 1.12 bits per heavy atom. The average molecular weight is 867 g/mol. The molecule has 13 nitrogen and oxygen atoms in total. The lowest BCUT2D eigenvalue weighted by Gasteiger charge is -2.41. The van der Waals surface area contributed by atoms with Crippen LogP contribution in [0.4, 0.5) is 0 Å². The van der Waals surface area contributed by atoms with Crippen molar-refractivity contribution in [3.63, 3.8) is 0 Å². The maximum atomic E-state index is 12.8. The first kappa shape index (κ1) is 55.9. The summed E-state index contributed by atoms with van der Waals surface area (Å²) in [6.45, 7) is 3.33. The maximum Gasteiger partial charge on any atom is 0.472 e. The molecule has 1 rings (SSSR count). The highest BCUT2D eigenvalue weighted by Gasteiger charge is 2.51. The minimum Gasteiger partial charge on any atom is -0.462 e. The molecule has 8 atom stereocenters. The zero-order chi connectivity index (χ0) is 43.6. The largest absolute Gasteiger partial charge is 0.472 e. The number of esters is 2. The van der Waals surface area contributed by atoms with Crippen LogP contribution in [0.25, 0.3) is 0 Å². The van der Waals surface area contributed by atoms with E-state index in [1.807, 2.05) is 0 Å². The van der Waals surface area contributed by atoms with Gasteiger partial charge in [0.15, 0.2) is 6.10 Å². The summed E-state index contributed by atoms with van der Waals surface area (Å²) in [4.78, 5) is 35.7. The number of carbonyl (C=O) groups is 2. The Labute approximate surface area is 357 Å². The third-order valence-corrected chi connectivity index (χ3v) is 12.4. The van der Waals surface area contributed by atoms with Gasteiger partial charge in [-0.3, -0.25) is 18.6 Å². The van der Waals surface area contributed by atoms with Crippen LogP contribution in [0, 0.1) is 0 Å². The highest BCUT2D eigenvalue weighted by Crippen LogP contribution is 2.47. The van der Waals surface area contributed by atoms with Crippen molar-refractivity contribution in [1.82, 2.24) is 0 Å². The van der Waals surface area contributed by atoms with E-state index < -0.39 is 75.7 Å². The van der Waals surface area contributed by atoms with Gasteiger partial charge >= 0.3 is 19.8 Å². The normalized spacial score (nSPS) is 22.2. The van der Waals surface area contributed by atoms with Gasteiger partial charge in [-0.25, -0.2) is 4.57 Å². The van der Waals surface area contributed by atoms with Crippen LogP contribution in [-0.4, -0.2) is 98.3 Å². The molecule has 0 spiro atoms. The number of aliphatic hydroxyl groups is 5. The molecule has 3 unspecified atom stereocenters. The number of hydrogen-bond acceptors (Lipinski definition) is 12. The van der Waals surface area contributed by atoms with Crippen LogP contribution in [0.15, 0.2) is 0 Å². The van der Waals surface area contributed by atoms with E-state index in [4.69, 9.17) is 18.5 Å². The number of phosphoric ester groups is 1. The van der Waals surface area contributed by atoms with Crippen molar-refractivity contribution in [3.8, 4) is 0 Å². The predicted octanol–water partition coefficient (Wildman–Crippen LogP) is 9.28. The lowest BCUT2D eigenvalue weighted by Crippen LogP contribution is -2.64. The monoisotopic (exact) mass is 867 g/mol. The first-order chi connectivity index (χ1) is 28.4. The van der Waals surface area contributed by atoms with Gasteiger partial charge in [0, 0.05) is 12.8 Å². The van der Waals surface area contributed by atoms with Crippen molar-refractivity contribution >= 4 is 19.8 Å². The van der Waals surface area contributed by atoms with Gasteiger partial charge in [-0.05, 0) is 12.8 Å². The quantitative estimate of drug-likeness (QED) is 0.0193. The van der Waals surface area contributed by atoms with E-state index in [9.17, 15) is 44.6 Å². The Hall–Kier alpha value is -1.15. The molecule has 0 aromatic carbocycles. The van der Waals surface area contributed by atoms with Gasteiger partial charge in [0.1, 0.15) is 43.2 Å². The standard InChI is InChI=1S/C45H87O13P/c1-3-5-7-9-11-13-15-17-19-21-23-25-27-29-31-33-38(46)55-35-37(36-56-59(53,54)58-45-43(51)41(49)40(48)42(50)44(45)52)57-39(47)34-32-30-28-26-24-22-20-18-16-14-12-10-8-6-4-2/h37,40-45,48-52H,3-36H2,1-2H3,(H,53,54)/t37-,40?,41-,42+,43+,44+,45?/m1/s1. The second-order valence-electron chi connectivity index (χ2n) is 17.0. The summed E-state index contributed by atoms with van der Waals surface area (Å²) in [5, 5.41) is 50.1. The molecule has 6 N–H and O–H groups in total. The molecule has 0 aliphatic heterocycles. The number of unbranched alkanes of at least 4 members (excludes halogenated alkanes) is 28. The third-order valence-electron chi connectivity index (χ3n) is 11.4. The molecule has 1 aliphatic carbocycles. The van der Waals surface area contributed by atoms with Gasteiger partial charge in [-0.15, -0.1) is 0 Å². The summed E-state index contributed by atoms with van der Waals surface area (Å²) in [5.74, 6) is -1.08. The molecule has 59 heavy (non-hydrogen) atoms. The molecule has 0 heterocycles. The predicted molar refractivity (Wildman–Crippen MR) is 231 cm³/mol. The van der Waals surface area contributed by atoms with Crippen LogP contribution >= 0.6 is 7.82 Å². The van der Waals surface area contributed by atoms with Gasteiger partial charge < -0.3 is 39.9 Å². The summed E-state index contributed by atoms with van der Waals surface area (Å²) in [7, 11) is -5.11. The minimum atomic E-state index is -5.11. The second-order valence-corrected chi connectivity index (χ2v) is 18.4. The Kier molecular flexibility index (Phi) is 34.4. The molecule has 0 saturated heterocycles. The maximum absolute atomic E-state index is 12.8. The summed E-state index contributed by atoms with van der Waals surface area (Å²) >= 11 is 0. The zero-order valence-electron chi connectivity index (χ0n) is 37.1. The highest BCUT2D eigenvalue weighted by molar-refractivity contribution is 7.47. The van der Waals surface area contributed by atoms with Gasteiger partial charge in [0.05, 0.1) is 6.61 Å². The summed E-state index contributed by atoms with van der Waals surface area (Å²) in [6.07, 6.45) is 22.9. The number of aliphatic hydroxyl groups excluding tert-OH is 5. The number of carbonyl (C=O) groups excluding carboxylic acids is 2. The zero-order valence-corrected chi connectivity index (χ0v) is 38.0. The van der Waals surface area contributed by atoms with Crippen LogP contribution in [0.5, 0.6) is 0 Å². The smallest absolute Gasteiger partial charge is 0.462 e. The van der Waals surface area contributed by atoms with Gasteiger partial charge in [0.2, 0.25) is 0 Å². The SMILES string of the molecule is CCCCCCCCCCCCCCCCCC(=O)OC[C@H](COP(=O)(O)OC1[C@@H](O)[C@H](O)C(O)[C@H](O)[C@@H]1O)OC(=O)CCCCCCCCCCCCCCCCC. The molecule has 0 aromatic rings. The van der Waals surface area contributed by atoms with E-state index in [-0.39, 0.29) is 12.8 Å². The molecule has 0 radical (unpaired) electrons. The van der Waals surface area contributed by atoms with Crippen LogP contribution < -0.4 is 0 Å². The van der Waals surface area contributed by atoms with E-state index >= 15 is 0 Å². The molecular formula is C45H87O13P. The topological polar surface area (TPSA) is 210 Å². The van der Waals surface area contributed by atoms with Crippen LogP contribution in [-0.2, 0) is 32.7 Å². The molecule has 14 heteroatoms. The van der Waals surface area contributed by atoms with Crippen molar-refractivity contribution in [2.45, 2.75) is 262 Å². The molecular weight excluding hydrogens is 779 g/mol. The Morgan fingerprint density at radius 2 is 0.763 bits per heavy atom. The molecule has 1 saturated carbocycles. The van der Waals surface area contributed by atoms with E-state index in [1.54, 1.807) is 0 Å². The minimum absolute atomic E-state index is 0.105. The lowest BCUT2D eigenvalue weighted by molar-refractivity contribution is -0.220. The van der Waals surface area contributed by atoms with E-state index in [2.05, 4.69) is 13.8 Å². The fourth-order valence-corrected chi connectivity index (χ4v) is 8.56. The number of rotatable bonds is 40. The van der Waals surface area contributed by atoms with E-state index in [0.717, 1.165) is 38.5 Å². The molecule has 0 aromatic heterocycles. The van der Waals surface area contributed by atoms with Gasteiger partial charge in [-0.2, -0.15) is 0 Å². The van der Waals surface area contributed by atoms with Gasteiger partial charge in [-0.1, -0.05) is 194 Å². The van der Waals surface area contributed by atoms with Gasteiger partial charge in [0.25, 0.3) is 0 Å². The molecule has 1 aliphatic rings. The Balaban J connectivity index is 2.43. The highest BCUT2D eigenvalue weighted by atomic mass is 31.2.